The Bertz CT molecular complexity index is 807. The van der Waals surface area contributed by atoms with Gasteiger partial charge in [-0.05, 0) is 44.7 Å². The molecular formula is C19H23NO4. The van der Waals surface area contributed by atoms with Crippen molar-refractivity contribution in [2.24, 2.45) is 5.41 Å². The molecule has 1 aliphatic rings. The monoisotopic (exact) mass is 329 g/mol. The van der Waals surface area contributed by atoms with Gasteiger partial charge in [0.1, 0.15) is 5.58 Å². The lowest BCUT2D eigenvalue weighted by molar-refractivity contribution is -0.153. The van der Waals surface area contributed by atoms with Gasteiger partial charge in [0, 0.05) is 24.0 Å². The molecule has 5 nitrogen and oxygen atoms in total. The van der Waals surface area contributed by atoms with Crippen molar-refractivity contribution >= 4 is 22.8 Å². The zero-order valence-corrected chi connectivity index (χ0v) is 14.4. The van der Waals surface area contributed by atoms with Crippen LogP contribution in [0, 0.1) is 19.3 Å². The number of piperidine rings is 1. The van der Waals surface area contributed by atoms with Crippen molar-refractivity contribution in [3.05, 3.63) is 35.1 Å². The van der Waals surface area contributed by atoms with Crippen molar-refractivity contribution < 1.29 is 19.1 Å². The summed E-state index contributed by atoms with van der Waals surface area (Å²) in [5.41, 5.74) is 3.08. The molecule has 1 N–H and O–H groups in total. The lowest BCUT2D eigenvalue weighted by Gasteiger charge is -2.37. The second kappa shape index (κ2) is 5.96. The summed E-state index contributed by atoms with van der Waals surface area (Å²) >= 11 is 0. The normalized spacial score (nSPS) is 21.2. The maximum atomic E-state index is 12.7. The van der Waals surface area contributed by atoms with Crippen molar-refractivity contribution in [2.75, 3.05) is 13.1 Å². The molecule has 1 unspecified atom stereocenters. The van der Waals surface area contributed by atoms with E-state index in [1.807, 2.05) is 26.0 Å². The predicted molar refractivity (Wildman–Crippen MR) is 90.9 cm³/mol. The fourth-order valence-corrected chi connectivity index (χ4v) is 3.43. The van der Waals surface area contributed by atoms with E-state index in [1.165, 1.54) is 0 Å². The topological polar surface area (TPSA) is 70.8 Å². The number of benzene rings is 1. The Morgan fingerprint density at radius 3 is 2.79 bits per heavy atom. The summed E-state index contributed by atoms with van der Waals surface area (Å²) in [6, 6.07) is 4.02. The van der Waals surface area contributed by atoms with E-state index >= 15 is 0 Å². The molecule has 24 heavy (non-hydrogen) atoms. The second-order valence-electron chi connectivity index (χ2n) is 7.11. The van der Waals surface area contributed by atoms with Gasteiger partial charge >= 0.3 is 5.97 Å². The molecule has 1 saturated heterocycles. The Morgan fingerprint density at radius 1 is 1.33 bits per heavy atom. The van der Waals surface area contributed by atoms with Gasteiger partial charge in [-0.3, -0.25) is 9.59 Å². The molecule has 1 aromatic carbocycles. The van der Waals surface area contributed by atoms with Gasteiger partial charge in [0.15, 0.2) is 0 Å². The Hall–Kier alpha value is -2.30. The number of nitrogens with zero attached hydrogens (tertiary/aromatic N) is 1. The first-order chi connectivity index (χ1) is 11.3. The van der Waals surface area contributed by atoms with Crippen LogP contribution < -0.4 is 0 Å². The lowest BCUT2D eigenvalue weighted by atomic mass is 9.82. The Kier molecular flexibility index (Phi) is 4.11. The van der Waals surface area contributed by atoms with E-state index in [0.29, 0.717) is 13.0 Å². The van der Waals surface area contributed by atoms with E-state index in [2.05, 4.69) is 0 Å². The number of carbonyl (C=O) groups excluding carboxylic acids is 1. The quantitative estimate of drug-likeness (QED) is 0.938. The zero-order valence-electron chi connectivity index (χ0n) is 14.4. The smallest absolute Gasteiger partial charge is 0.311 e. The van der Waals surface area contributed by atoms with Crippen LogP contribution in [0.1, 0.15) is 36.5 Å². The van der Waals surface area contributed by atoms with Crippen LogP contribution in [-0.4, -0.2) is 35.0 Å². The van der Waals surface area contributed by atoms with Crippen LogP contribution in [0.5, 0.6) is 0 Å². The molecule has 2 heterocycles. The lowest BCUT2D eigenvalue weighted by Crippen LogP contribution is -2.48. The summed E-state index contributed by atoms with van der Waals surface area (Å²) < 4.78 is 5.66. The summed E-state index contributed by atoms with van der Waals surface area (Å²) in [5.74, 6) is -0.872. The van der Waals surface area contributed by atoms with Gasteiger partial charge in [-0.1, -0.05) is 12.1 Å². The zero-order chi connectivity index (χ0) is 17.5. The second-order valence-corrected chi connectivity index (χ2v) is 7.11. The van der Waals surface area contributed by atoms with Crippen LogP contribution in [0.3, 0.4) is 0 Å². The molecule has 128 valence electrons. The van der Waals surface area contributed by atoms with Crippen LogP contribution in [0.25, 0.3) is 11.0 Å². The van der Waals surface area contributed by atoms with E-state index in [4.69, 9.17) is 4.42 Å². The van der Waals surface area contributed by atoms with E-state index in [9.17, 15) is 14.7 Å². The van der Waals surface area contributed by atoms with Crippen molar-refractivity contribution in [1.29, 1.82) is 0 Å². The number of rotatable bonds is 3. The van der Waals surface area contributed by atoms with Crippen LogP contribution in [-0.2, 0) is 16.0 Å². The summed E-state index contributed by atoms with van der Waals surface area (Å²) in [6.45, 7) is 6.65. The number of amides is 1. The number of carboxylic acid groups (broad SMARTS) is 1. The molecule has 1 amide bonds. The molecule has 1 fully saturated rings. The number of carboxylic acids is 1. The van der Waals surface area contributed by atoms with Gasteiger partial charge in [-0.2, -0.15) is 0 Å². The number of hydrogen-bond acceptors (Lipinski definition) is 3. The number of likely N-dealkylation sites (tertiary alicyclic amines) is 1. The number of aliphatic carboxylic acids is 1. The molecular weight excluding hydrogens is 306 g/mol. The third-order valence-corrected chi connectivity index (χ3v) is 5.25. The largest absolute Gasteiger partial charge is 0.481 e. The van der Waals surface area contributed by atoms with Crippen LogP contribution in [0.4, 0.5) is 0 Å². The van der Waals surface area contributed by atoms with Crippen molar-refractivity contribution in [2.45, 2.75) is 40.0 Å². The van der Waals surface area contributed by atoms with Crippen molar-refractivity contribution in [3.63, 3.8) is 0 Å². The van der Waals surface area contributed by atoms with Crippen LogP contribution in [0.15, 0.2) is 22.8 Å². The number of aryl methyl sites for hydroxylation is 2. The average molecular weight is 329 g/mol. The molecule has 1 aromatic heterocycles. The number of hydrogen-bond donors (Lipinski definition) is 1. The molecule has 0 radical (unpaired) electrons. The first-order valence-corrected chi connectivity index (χ1v) is 8.29. The fraction of sp³-hybridized carbons (Fsp3) is 0.474. The number of carbonyl (C=O) groups is 2. The van der Waals surface area contributed by atoms with E-state index in [-0.39, 0.29) is 18.9 Å². The van der Waals surface area contributed by atoms with Gasteiger partial charge in [-0.25, -0.2) is 0 Å². The minimum absolute atomic E-state index is 0.0388. The number of furan rings is 1. The van der Waals surface area contributed by atoms with Crippen molar-refractivity contribution in [1.82, 2.24) is 4.90 Å². The Labute approximate surface area is 141 Å². The van der Waals surface area contributed by atoms with Gasteiger partial charge in [0.25, 0.3) is 0 Å². The maximum absolute atomic E-state index is 12.7. The SMILES string of the molecule is Cc1ccc2c(CC(=O)N3CCCC(C)(C(=O)O)C3)coc2c1C. The minimum atomic E-state index is -0.847. The molecule has 3 rings (SSSR count). The van der Waals surface area contributed by atoms with Gasteiger partial charge < -0.3 is 14.4 Å². The molecule has 1 aliphatic heterocycles. The van der Waals surface area contributed by atoms with E-state index in [1.54, 1.807) is 18.1 Å². The molecule has 0 spiro atoms. The molecule has 0 aliphatic carbocycles. The first kappa shape index (κ1) is 16.6. The summed E-state index contributed by atoms with van der Waals surface area (Å²) in [7, 11) is 0. The Balaban J connectivity index is 1.80. The van der Waals surface area contributed by atoms with Crippen LogP contribution in [0.2, 0.25) is 0 Å². The third-order valence-electron chi connectivity index (χ3n) is 5.25. The summed E-state index contributed by atoms with van der Waals surface area (Å²) in [4.78, 5) is 25.8. The van der Waals surface area contributed by atoms with Gasteiger partial charge in [0.05, 0.1) is 18.1 Å². The predicted octanol–water partition coefficient (Wildman–Crippen LogP) is 3.31. The molecule has 5 heteroatoms. The fourth-order valence-electron chi connectivity index (χ4n) is 3.43. The minimum Gasteiger partial charge on any atom is -0.481 e. The highest BCUT2D eigenvalue weighted by Gasteiger charge is 2.39. The first-order valence-electron chi connectivity index (χ1n) is 8.29. The molecule has 2 aromatic rings. The average Bonchev–Trinajstić information content (AvgIpc) is 2.94. The summed E-state index contributed by atoms with van der Waals surface area (Å²) in [5, 5.41) is 10.4. The van der Waals surface area contributed by atoms with Gasteiger partial charge in [-0.15, -0.1) is 0 Å². The molecule has 0 bridgehead atoms. The highest BCUT2D eigenvalue weighted by molar-refractivity contribution is 5.90. The Morgan fingerprint density at radius 2 is 2.08 bits per heavy atom. The summed E-state index contributed by atoms with van der Waals surface area (Å²) in [6.07, 6.45) is 3.22. The highest BCUT2D eigenvalue weighted by atomic mass is 16.4. The van der Waals surface area contributed by atoms with Crippen molar-refractivity contribution in [3.8, 4) is 0 Å². The number of fused-ring (bicyclic) bond motifs is 1. The standard InChI is InChI=1S/C19H23NO4/c1-12-5-6-15-14(10-24-17(15)13(12)2)9-16(21)20-8-4-7-19(3,11-20)18(22)23/h5-6,10H,4,7-9,11H2,1-3H3,(H,22,23). The van der Waals surface area contributed by atoms with Gasteiger partial charge in [0.2, 0.25) is 5.91 Å². The maximum Gasteiger partial charge on any atom is 0.311 e. The third kappa shape index (κ3) is 2.79. The molecule has 1 atom stereocenters. The van der Waals surface area contributed by atoms with E-state index in [0.717, 1.165) is 34.1 Å². The van der Waals surface area contributed by atoms with E-state index < -0.39 is 11.4 Å². The highest BCUT2D eigenvalue weighted by Crippen LogP contribution is 2.31. The molecule has 0 saturated carbocycles. The van der Waals surface area contributed by atoms with Crippen LogP contribution >= 0.6 is 0 Å².